The normalized spacial score (nSPS) is 11.3. The van der Waals surface area contributed by atoms with Crippen LogP contribution in [0.4, 0.5) is 11.4 Å². The van der Waals surface area contributed by atoms with Gasteiger partial charge in [0.05, 0.1) is 23.1 Å². The summed E-state index contributed by atoms with van der Waals surface area (Å²) in [7, 11) is -3.69. The van der Waals surface area contributed by atoms with Crippen LogP contribution in [0.1, 0.15) is 5.56 Å². The molecule has 0 bridgehead atoms. The van der Waals surface area contributed by atoms with E-state index in [1.807, 2.05) is 0 Å². The number of nitrogens with zero attached hydrogens (tertiary/aromatic N) is 3. The number of amides is 1. The third kappa shape index (κ3) is 6.15. The second-order valence-corrected chi connectivity index (χ2v) is 8.21. The molecule has 0 saturated heterocycles. The van der Waals surface area contributed by atoms with Crippen LogP contribution in [0.15, 0.2) is 58.1 Å². The molecule has 0 aliphatic rings. The Morgan fingerprint density at radius 3 is 2.56 bits per heavy atom. The summed E-state index contributed by atoms with van der Waals surface area (Å²) in [4.78, 5) is 22.2. The Hall–Kier alpha value is -2.79. The molecule has 2 aromatic rings. The van der Waals surface area contributed by atoms with E-state index in [9.17, 15) is 23.3 Å². The van der Waals surface area contributed by atoms with E-state index in [1.165, 1.54) is 24.4 Å². The fourth-order valence-corrected chi connectivity index (χ4v) is 3.19. The standard InChI is InChI=1S/C16H15BrN4O5S/c1-27(25,26)20(14-7-5-13(17)6-8-14)11-16(22)19-18-10-12-3-2-4-15(9-12)21(23)24/h2-10H,11H2,1H3,(H,19,22)/b18-10-. The fraction of sp³-hybridized carbons (Fsp3) is 0.125. The first-order valence-corrected chi connectivity index (χ1v) is 10.1. The van der Waals surface area contributed by atoms with Gasteiger partial charge in [-0.3, -0.25) is 19.2 Å². The average molecular weight is 455 g/mol. The van der Waals surface area contributed by atoms with Crippen molar-refractivity contribution in [2.45, 2.75) is 0 Å². The summed E-state index contributed by atoms with van der Waals surface area (Å²) < 4.78 is 25.7. The van der Waals surface area contributed by atoms with Crippen molar-refractivity contribution in [1.82, 2.24) is 5.43 Å². The second-order valence-electron chi connectivity index (χ2n) is 5.39. The molecule has 1 amide bonds. The highest BCUT2D eigenvalue weighted by atomic mass is 79.9. The number of hydrogen-bond acceptors (Lipinski definition) is 6. The van der Waals surface area contributed by atoms with Gasteiger partial charge in [-0.25, -0.2) is 13.8 Å². The lowest BCUT2D eigenvalue weighted by molar-refractivity contribution is -0.384. The maximum Gasteiger partial charge on any atom is 0.270 e. The SMILES string of the molecule is CS(=O)(=O)N(CC(=O)N/N=C\c1cccc([N+](=O)[O-])c1)c1ccc(Br)cc1. The van der Waals surface area contributed by atoms with E-state index in [0.29, 0.717) is 11.3 Å². The number of rotatable bonds is 7. The van der Waals surface area contributed by atoms with Crippen LogP contribution in [0.2, 0.25) is 0 Å². The predicted octanol–water partition coefficient (Wildman–Crippen LogP) is 2.27. The van der Waals surface area contributed by atoms with E-state index in [4.69, 9.17) is 0 Å². The van der Waals surface area contributed by atoms with Crippen LogP contribution >= 0.6 is 15.9 Å². The zero-order valence-electron chi connectivity index (χ0n) is 14.1. The minimum Gasteiger partial charge on any atom is -0.271 e. The summed E-state index contributed by atoms with van der Waals surface area (Å²) in [5.41, 5.74) is 2.85. The number of nitro groups is 1. The Kier molecular flexibility index (Phi) is 6.64. The highest BCUT2D eigenvalue weighted by Gasteiger charge is 2.20. The molecule has 0 fully saturated rings. The van der Waals surface area contributed by atoms with E-state index in [0.717, 1.165) is 15.0 Å². The van der Waals surface area contributed by atoms with Gasteiger partial charge in [-0.05, 0) is 24.3 Å². The van der Waals surface area contributed by atoms with E-state index in [1.54, 1.807) is 30.3 Å². The number of hydrogen-bond donors (Lipinski definition) is 1. The van der Waals surface area contributed by atoms with Gasteiger partial charge in [0.25, 0.3) is 11.6 Å². The zero-order valence-corrected chi connectivity index (χ0v) is 16.5. The molecule has 0 radical (unpaired) electrons. The lowest BCUT2D eigenvalue weighted by atomic mass is 10.2. The van der Waals surface area contributed by atoms with Crippen molar-refractivity contribution < 1.29 is 18.1 Å². The molecule has 0 aliphatic carbocycles. The smallest absolute Gasteiger partial charge is 0.270 e. The summed E-state index contributed by atoms with van der Waals surface area (Å²) in [6.45, 7) is -0.466. The lowest BCUT2D eigenvalue weighted by Crippen LogP contribution is -2.39. The number of benzene rings is 2. The molecule has 0 atom stereocenters. The lowest BCUT2D eigenvalue weighted by Gasteiger charge is -2.21. The maximum atomic E-state index is 12.1. The number of sulfonamides is 1. The van der Waals surface area contributed by atoms with Crippen LogP contribution in [-0.2, 0) is 14.8 Å². The third-order valence-electron chi connectivity index (χ3n) is 3.29. The number of carbonyl (C=O) groups excluding carboxylic acids is 1. The van der Waals surface area contributed by atoms with E-state index in [2.05, 4.69) is 26.5 Å². The van der Waals surface area contributed by atoms with Gasteiger partial charge in [0.2, 0.25) is 10.0 Å². The van der Waals surface area contributed by atoms with Crippen LogP contribution < -0.4 is 9.73 Å². The number of carbonyl (C=O) groups is 1. The summed E-state index contributed by atoms with van der Waals surface area (Å²) in [6.07, 6.45) is 2.23. The van der Waals surface area contributed by atoms with Crippen molar-refractivity contribution >= 4 is 49.4 Å². The number of anilines is 1. The van der Waals surface area contributed by atoms with Gasteiger partial charge < -0.3 is 0 Å². The Morgan fingerprint density at radius 2 is 1.96 bits per heavy atom. The summed E-state index contributed by atoms with van der Waals surface area (Å²) in [5, 5.41) is 14.4. The highest BCUT2D eigenvalue weighted by Crippen LogP contribution is 2.20. The number of non-ortho nitro benzene ring substituents is 1. The molecular formula is C16H15BrN4O5S. The van der Waals surface area contributed by atoms with Crippen molar-refractivity contribution in [3.63, 3.8) is 0 Å². The molecule has 27 heavy (non-hydrogen) atoms. The van der Waals surface area contributed by atoms with Gasteiger partial charge >= 0.3 is 0 Å². The van der Waals surface area contributed by atoms with Crippen molar-refractivity contribution in [3.8, 4) is 0 Å². The molecule has 1 N–H and O–H groups in total. The molecule has 9 nitrogen and oxygen atoms in total. The van der Waals surface area contributed by atoms with Crippen molar-refractivity contribution in [3.05, 3.63) is 68.7 Å². The first kappa shape index (κ1) is 20.5. The van der Waals surface area contributed by atoms with Gasteiger partial charge in [-0.2, -0.15) is 5.10 Å². The quantitative estimate of drug-likeness (QED) is 0.390. The first-order chi connectivity index (χ1) is 12.7. The third-order valence-corrected chi connectivity index (χ3v) is 4.96. The molecule has 0 aromatic heterocycles. The molecule has 0 aliphatic heterocycles. The van der Waals surface area contributed by atoms with Crippen LogP contribution in [0, 0.1) is 10.1 Å². The number of hydrazone groups is 1. The van der Waals surface area contributed by atoms with Crippen molar-refractivity contribution in [2.75, 3.05) is 17.1 Å². The Balaban J connectivity index is 2.07. The molecule has 0 heterocycles. The summed E-state index contributed by atoms with van der Waals surface area (Å²) >= 11 is 3.26. The number of halogens is 1. The molecule has 11 heteroatoms. The summed E-state index contributed by atoms with van der Waals surface area (Å²) in [6, 6.07) is 12.1. The van der Waals surface area contributed by atoms with Gasteiger partial charge in [0.15, 0.2) is 0 Å². The van der Waals surface area contributed by atoms with Crippen molar-refractivity contribution in [1.29, 1.82) is 0 Å². The molecule has 2 aromatic carbocycles. The molecular weight excluding hydrogens is 440 g/mol. The van der Waals surface area contributed by atoms with Crippen molar-refractivity contribution in [2.24, 2.45) is 5.10 Å². The maximum absolute atomic E-state index is 12.1. The van der Waals surface area contributed by atoms with Crippen LogP contribution in [-0.4, -0.2) is 38.3 Å². The van der Waals surface area contributed by atoms with E-state index in [-0.39, 0.29) is 5.69 Å². The minimum absolute atomic E-state index is 0.108. The highest BCUT2D eigenvalue weighted by molar-refractivity contribution is 9.10. The van der Waals surface area contributed by atoms with Crippen LogP contribution in [0.5, 0.6) is 0 Å². The Bertz CT molecular complexity index is 977. The molecule has 0 saturated carbocycles. The first-order valence-electron chi connectivity index (χ1n) is 7.46. The monoisotopic (exact) mass is 454 g/mol. The number of nitrogens with one attached hydrogen (secondary N) is 1. The molecule has 0 spiro atoms. The van der Waals surface area contributed by atoms with Gasteiger partial charge in [-0.15, -0.1) is 0 Å². The molecule has 2 rings (SSSR count). The second kappa shape index (κ2) is 8.73. The predicted molar refractivity (Wildman–Crippen MR) is 105 cm³/mol. The average Bonchev–Trinajstić information content (AvgIpc) is 2.60. The fourth-order valence-electron chi connectivity index (χ4n) is 2.07. The topological polar surface area (TPSA) is 122 Å². The zero-order chi connectivity index (χ0) is 20.0. The van der Waals surface area contributed by atoms with Gasteiger partial charge in [-0.1, -0.05) is 28.1 Å². The molecule has 0 unspecified atom stereocenters. The summed E-state index contributed by atoms with van der Waals surface area (Å²) in [5.74, 6) is -0.662. The molecule has 142 valence electrons. The Morgan fingerprint density at radius 1 is 1.30 bits per heavy atom. The van der Waals surface area contributed by atoms with Crippen LogP contribution in [0.25, 0.3) is 0 Å². The van der Waals surface area contributed by atoms with Gasteiger partial charge in [0, 0.05) is 22.2 Å². The van der Waals surface area contributed by atoms with Gasteiger partial charge in [0.1, 0.15) is 6.54 Å². The van der Waals surface area contributed by atoms with Crippen LogP contribution in [0.3, 0.4) is 0 Å². The largest absolute Gasteiger partial charge is 0.271 e. The number of nitro benzene ring substituents is 1. The van der Waals surface area contributed by atoms with E-state index >= 15 is 0 Å². The van der Waals surface area contributed by atoms with E-state index < -0.39 is 27.4 Å². The Labute approximate surface area is 164 Å². The minimum atomic E-state index is -3.69.